The number of aromatic nitrogens is 1. The Kier molecular flexibility index (Phi) is 6.40. The van der Waals surface area contributed by atoms with Crippen LogP contribution in [-0.4, -0.2) is 35.8 Å². The summed E-state index contributed by atoms with van der Waals surface area (Å²) in [5, 5.41) is 14.9. The van der Waals surface area contributed by atoms with Crippen LogP contribution >= 0.6 is 15.9 Å². The van der Waals surface area contributed by atoms with E-state index in [1.165, 1.54) is 31.7 Å². The van der Waals surface area contributed by atoms with Crippen molar-refractivity contribution < 1.29 is 19.2 Å². The van der Waals surface area contributed by atoms with Crippen LogP contribution in [0, 0.1) is 10.1 Å². The van der Waals surface area contributed by atoms with E-state index in [0.29, 0.717) is 11.3 Å². The van der Waals surface area contributed by atoms with E-state index in [1.54, 1.807) is 18.2 Å². The number of benzene rings is 1. The molecule has 0 aliphatic rings. The second-order valence-electron chi connectivity index (χ2n) is 4.55. The lowest BCUT2D eigenvalue weighted by atomic mass is 10.2. The summed E-state index contributed by atoms with van der Waals surface area (Å²) in [6.45, 7) is -0.252. The third-order valence-electron chi connectivity index (χ3n) is 2.90. The number of ether oxygens (including phenoxy) is 2. The fourth-order valence-corrected chi connectivity index (χ4v) is 2.12. The summed E-state index contributed by atoms with van der Waals surface area (Å²) in [5.41, 5.74) is 2.87. The maximum atomic E-state index is 11.2. The van der Waals surface area contributed by atoms with Gasteiger partial charge in [-0.15, -0.1) is 0 Å². The number of anilines is 1. The molecule has 2 aromatic rings. The van der Waals surface area contributed by atoms with Crippen LogP contribution in [0.25, 0.3) is 0 Å². The Morgan fingerprint density at radius 2 is 2.28 bits per heavy atom. The Morgan fingerprint density at radius 3 is 3.00 bits per heavy atom. The Labute approximate surface area is 150 Å². The first-order chi connectivity index (χ1) is 12.0. The average Bonchev–Trinajstić information content (AvgIpc) is 2.61. The van der Waals surface area contributed by atoms with Crippen molar-refractivity contribution in [3.8, 4) is 5.75 Å². The van der Waals surface area contributed by atoms with Gasteiger partial charge in [0.05, 0.1) is 18.2 Å². The molecule has 9 nitrogen and oxygen atoms in total. The molecule has 0 aliphatic carbocycles. The first-order valence-corrected chi connectivity index (χ1v) is 7.68. The molecule has 0 radical (unpaired) electrons. The van der Waals surface area contributed by atoms with E-state index in [9.17, 15) is 14.9 Å². The molecule has 0 fully saturated rings. The summed E-state index contributed by atoms with van der Waals surface area (Å²) in [6.07, 6.45) is 2.81. The summed E-state index contributed by atoms with van der Waals surface area (Å²) in [4.78, 5) is 25.4. The van der Waals surface area contributed by atoms with Crippen LogP contribution in [-0.2, 0) is 9.53 Å². The minimum absolute atomic E-state index is 0.00998. The molecule has 1 N–H and O–H groups in total. The molecule has 1 aromatic heterocycles. The molecule has 130 valence electrons. The van der Waals surface area contributed by atoms with E-state index in [-0.39, 0.29) is 18.1 Å². The number of hydrazone groups is 1. The highest BCUT2D eigenvalue weighted by atomic mass is 79.9. The Balaban J connectivity index is 2.16. The van der Waals surface area contributed by atoms with Crippen LogP contribution in [0.1, 0.15) is 5.56 Å². The molecule has 2 rings (SSSR count). The Morgan fingerprint density at radius 1 is 1.48 bits per heavy atom. The summed E-state index contributed by atoms with van der Waals surface area (Å²) in [5.74, 6) is -0.113. The van der Waals surface area contributed by atoms with Gasteiger partial charge in [0, 0.05) is 22.3 Å². The van der Waals surface area contributed by atoms with Gasteiger partial charge in [-0.05, 0) is 24.3 Å². The number of nitro groups is 1. The molecule has 0 aliphatic heterocycles. The van der Waals surface area contributed by atoms with Gasteiger partial charge in [0.2, 0.25) is 5.82 Å². The zero-order valence-corrected chi connectivity index (χ0v) is 14.6. The molecule has 0 amide bonds. The minimum atomic E-state index is -0.561. The highest BCUT2D eigenvalue weighted by Gasteiger charge is 2.13. The molecule has 1 aromatic carbocycles. The SMILES string of the molecule is COC(=O)COc1ccc(Br)cc1/C=N\Nc1ncccc1[N+](=O)[O-]. The van der Waals surface area contributed by atoms with Gasteiger partial charge in [-0.1, -0.05) is 15.9 Å². The fraction of sp³-hybridized carbons (Fsp3) is 0.133. The number of halogens is 1. The van der Waals surface area contributed by atoms with Gasteiger partial charge in [-0.2, -0.15) is 5.10 Å². The highest BCUT2D eigenvalue weighted by molar-refractivity contribution is 9.10. The van der Waals surface area contributed by atoms with Gasteiger partial charge in [-0.25, -0.2) is 9.78 Å². The number of carbonyl (C=O) groups excluding carboxylic acids is 1. The second kappa shape index (κ2) is 8.73. The second-order valence-corrected chi connectivity index (χ2v) is 5.46. The van der Waals surface area contributed by atoms with Crippen LogP contribution < -0.4 is 10.2 Å². The zero-order valence-electron chi connectivity index (χ0n) is 13.0. The highest BCUT2D eigenvalue weighted by Crippen LogP contribution is 2.23. The molecular formula is C15H13BrN4O5. The average molecular weight is 409 g/mol. The van der Waals surface area contributed by atoms with Crippen molar-refractivity contribution in [2.45, 2.75) is 0 Å². The predicted molar refractivity (Wildman–Crippen MR) is 93.8 cm³/mol. The van der Waals surface area contributed by atoms with Crippen molar-refractivity contribution in [2.24, 2.45) is 5.10 Å². The number of nitrogens with zero attached hydrogens (tertiary/aromatic N) is 3. The largest absolute Gasteiger partial charge is 0.481 e. The lowest BCUT2D eigenvalue weighted by Gasteiger charge is -2.08. The molecule has 0 saturated carbocycles. The van der Waals surface area contributed by atoms with Crippen LogP contribution in [0.5, 0.6) is 5.75 Å². The van der Waals surface area contributed by atoms with Gasteiger partial charge in [0.15, 0.2) is 6.61 Å². The number of nitrogens with one attached hydrogen (secondary N) is 1. The van der Waals surface area contributed by atoms with Crippen molar-refractivity contribution in [1.29, 1.82) is 0 Å². The van der Waals surface area contributed by atoms with Crippen LogP contribution in [0.3, 0.4) is 0 Å². The molecule has 0 unspecified atom stereocenters. The number of esters is 1. The topological polar surface area (TPSA) is 116 Å². The van der Waals surface area contributed by atoms with Gasteiger partial charge in [-0.3, -0.25) is 15.5 Å². The number of hydrogen-bond acceptors (Lipinski definition) is 8. The Hall–Kier alpha value is -3.01. The molecular weight excluding hydrogens is 396 g/mol. The van der Waals surface area contributed by atoms with Crippen molar-refractivity contribution in [2.75, 3.05) is 19.1 Å². The van der Waals surface area contributed by atoms with Crippen LogP contribution in [0.2, 0.25) is 0 Å². The van der Waals surface area contributed by atoms with Crippen LogP contribution in [0.4, 0.5) is 11.5 Å². The van der Waals surface area contributed by atoms with E-state index in [0.717, 1.165) is 4.47 Å². The lowest BCUT2D eigenvalue weighted by molar-refractivity contribution is -0.384. The van der Waals surface area contributed by atoms with E-state index >= 15 is 0 Å². The molecule has 0 bridgehead atoms. The first kappa shape index (κ1) is 18.3. The molecule has 25 heavy (non-hydrogen) atoms. The van der Waals surface area contributed by atoms with Crippen molar-refractivity contribution in [3.63, 3.8) is 0 Å². The van der Waals surface area contributed by atoms with Gasteiger partial charge in [0.25, 0.3) is 0 Å². The third kappa shape index (κ3) is 5.24. The van der Waals surface area contributed by atoms with Crippen LogP contribution in [0.15, 0.2) is 46.1 Å². The third-order valence-corrected chi connectivity index (χ3v) is 3.40. The maximum Gasteiger partial charge on any atom is 0.343 e. The standard InChI is InChI=1S/C15H13BrN4O5/c1-24-14(21)9-25-13-5-4-11(16)7-10(13)8-18-19-15-12(20(22)23)3-2-6-17-15/h2-8H,9H2,1H3,(H,17,19)/b18-8-. The van der Waals surface area contributed by atoms with Gasteiger partial charge >= 0.3 is 11.7 Å². The number of pyridine rings is 1. The van der Waals surface area contributed by atoms with Crippen molar-refractivity contribution >= 4 is 39.6 Å². The Bertz CT molecular complexity index is 812. The van der Waals surface area contributed by atoms with Gasteiger partial charge in [0.1, 0.15) is 5.75 Å². The molecule has 0 atom stereocenters. The number of carbonyl (C=O) groups is 1. The monoisotopic (exact) mass is 408 g/mol. The van der Waals surface area contributed by atoms with Crippen molar-refractivity contribution in [1.82, 2.24) is 4.98 Å². The van der Waals surface area contributed by atoms with E-state index in [4.69, 9.17) is 4.74 Å². The van der Waals surface area contributed by atoms with Gasteiger partial charge < -0.3 is 9.47 Å². The summed E-state index contributed by atoms with van der Waals surface area (Å²) in [6, 6.07) is 7.87. The molecule has 0 saturated heterocycles. The smallest absolute Gasteiger partial charge is 0.343 e. The quantitative estimate of drug-likeness (QED) is 0.324. The molecule has 0 spiro atoms. The maximum absolute atomic E-state index is 11.2. The normalized spacial score (nSPS) is 10.5. The van der Waals surface area contributed by atoms with E-state index < -0.39 is 10.9 Å². The molecule has 1 heterocycles. The number of rotatable bonds is 7. The summed E-state index contributed by atoms with van der Waals surface area (Å²) in [7, 11) is 1.26. The number of methoxy groups -OCH3 is 1. The fourth-order valence-electron chi connectivity index (χ4n) is 1.74. The lowest BCUT2D eigenvalue weighted by Crippen LogP contribution is -2.13. The molecule has 10 heteroatoms. The van der Waals surface area contributed by atoms with Crippen molar-refractivity contribution in [3.05, 3.63) is 56.7 Å². The predicted octanol–water partition coefficient (Wildman–Crippen LogP) is 2.75. The zero-order chi connectivity index (χ0) is 18.2. The summed E-state index contributed by atoms with van der Waals surface area (Å²) < 4.78 is 10.7. The van der Waals surface area contributed by atoms with E-state index in [2.05, 4.69) is 36.2 Å². The minimum Gasteiger partial charge on any atom is -0.481 e. The first-order valence-electron chi connectivity index (χ1n) is 6.89. The van der Waals surface area contributed by atoms with E-state index in [1.807, 2.05) is 0 Å². The summed E-state index contributed by atoms with van der Waals surface area (Å²) >= 11 is 3.33. The number of hydrogen-bond donors (Lipinski definition) is 1.